The molecule has 1 heterocycles. The van der Waals surface area contributed by atoms with Gasteiger partial charge in [0.15, 0.2) is 5.84 Å². The summed E-state index contributed by atoms with van der Waals surface area (Å²) >= 11 is 0. The topological polar surface area (TPSA) is 126 Å². The molecule has 7 nitrogen and oxygen atoms in total. The summed E-state index contributed by atoms with van der Waals surface area (Å²) < 4.78 is 0. The number of aliphatic hydroxyl groups is 4. The van der Waals surface area contributed by atoms with Crippen LogP contribution in [-0.2, 0) is 0 Å². The summed E-state index contributed by atoms with van der Waals surface area (Å²) in [5, 5.41) is 44.8. The van der Waals surface area contributed by atoms with Crippen molar-refractivity contribution in [1.29, 1.82) is 0 Å². The highest BCUT2D eigenvalue weighted by Crippen LogP contribution is 2.14. The summed E-state index contributed by atoms with van der Waals surface area (Å²) in [6.45, 7) is -0.476. The molecular formula is C6H12N2O5. The molecule has 0 aromatic heterocycles. The highest BCUT2D eigenvalue weighted by molar-refractivity contribution is 5.87. The summed E-state index contributed by atoms with van der Waals surface area (Å²) in [6.07, 6.45) is -4.27. The standard InChI is InChI=1S/C6H12N2O5/c9-1-2-3(10)4(11)5(12)6(7-2)8-13/h2-5,9-13H,1H2,(H,7,8)/t2?,3-,4?,5?/m0/s1. The lowest BCUT2D eigenvalue weighted by atomic mass is 9.97. The monoisotopic (exact) mass is 192 g/mol. The largest absolute Gasteiger partial charge is 0.394 e. The molecule has 76 valence electrons. The molecule has 1 aliphatic rings. The minimum atomic E-state index is -1.47. The van der Waals surface area contributed by atoms with Crippen molar-refractivity contribution in [1.82, 2.24) is 5.48 Å². The van der Waals surface area contributed by atoms with E-state index < -0.39 is 31.0 Å². The zero-order valence-electron chi connectivity index (χ0n) is 6.70. The third-order valence-corrected chi connectivity index (χ3v) is 1.95. The number of hydrogen-bond acceptors (Lipinski definition) is 7. The number of hydroxylamine groups is 1. The molecule has 0 aromatic carbocycles. The van der Waals surface area contributed by atoms with Crippen LogP contribution in [0.4, 0.5) is 0 Å². The van der Waals surface area contributed by atoms with Gasteiger partial charge in [0.25, 0.3) is 0 Å². The molecule has 3 unspecified atom stereocenters. The summed E-state index contributed by atoms with van der Waals surface area (Å²) in [5.74, 6) is -0.267. The number of nitrogens with one attached hydrogen (secondary N) is 1. The van der Waals surface area contributed by atoms with E-state index in [0.29, 0.717) is 0 Å². The number of rotatable bonds is 1. The molecule has 1 rings (SSSR count). The summed E-state index contributed by atoms with van der Waals surface area (Å²) in [6, 6.07) is -0.937. The number of amidine groups is 1. The first-order valence-electron chi connectivity index (χ1n) is 3.74. The number of aliphatic imine (C=N–C) groups is 1. The van der Waals surface area contributed by atoms with Crippen LogP contribution in [0.15, 0.2) is 4.99 Å². The molecule has 0 saturated carbocycles. The van der Waals surface area contributed by atoms with Crippen molar-refractivity contribution in [2.45, 2.75) is 24.4 Å². The molecule has 1 aliphatic heterocycles. The average Bonchev–Trinajstić information content (AvgIpc) is 2.15. The molecule has 0 amide bonds. The molecule has 0 radical (unpaired) electrons. The normalized spacial score (nSPS) is 39.9. The van der Waals surface area contributed by atoms with E-state index in [1.54, 1.807) is 5.48 Å². The molecule has 4 atom stereocenters. The van der Waals surface area contributed by atoms with E-state index in [4.69, 9.17) is 10.3 Å². The van der Waals surface area contributed by atoms with Gasteiger partial charge in [0.05, 0.1) is 6.61 Å². The zero-order chi connectivity index (χ0) is 10.0. The molecule has 0 aromatic rings. The lowest BCUT2D eigenvalue weighted by molar-refractivity contribution is -0.0622. The molecule has 6 N–H and O–H groups in total. The third kappa shape index (κ3) is 1.79. The number of hydrogen-bond donors (Lipinski definition) is 6. The third-order valence-electron chi connectivity index (χ3n) is 1.95. The Morgan fingerprint density at radius 2 is 1.85 bits per heavy atom. The van der Waals surface area contributed by atoms with Crippen molar-refractivity contribution < 1.29 is 25.6 Å². The van der Waals surface area contributed by atoms with Crippen molar-refractivity contribution in [3.8, 4) is 0 Å². The van der Waals surface area contributed by atoms with Gasteiger partial charge in [-0.3, -0.25) is 15.7 Å². The first-order valence-corrected chi connectivity index (χ1v) is 3.74. The SMILES string of the molecule is OCC1N=C(NO)C(O)C(O)[C@H]1O. The molecule has 0 spiro atoms. The molecule has 0 aliphatic carbocycles. The Hall–Kier alpha value is -0.730. The molecule has 0 bridgehead atoms. The van der Waals surface area contributed by atoms with Crippen molar-refractivity contribution in [3.05, 3.63) is 0 Å². The average molecular weight is 192 g/mol. The van der Waals surface area contributed by atoms with Gasteiger partial charge in [-0.1, -0.05) is 0 Å². The van der Waals surface area contributed by atoms with Crippen LogP contribution < -0.4 is 5.48 Å². The fraction of sp³-hybridized carbons (Fsp3) is 0.833. The Bertz CT molecular complexity index is 209. The minimum absolute atomic E-state index is 0.267. The highest BCUT2D eigenvalue weighted by atomic mass is 16.5. The Labute approximate surface area is 73.9 Å². The van der Waals surface area contributed by atoms with Gasteiger partial charge in [-0.2, -0.15) is 0 Å². The molecule has 13 heavy (non-hydrogen) atoms. The Morgan fingerprint density at radius 3 is 2.31 bits per heavy atom. The van der Waals surface area contributed by atoms with E-state index in [2.05, 4.69) is 4.99 Å². The van der Waals surface area contributed by atoms with Gasteiger partial charge in [0, 0.05) is 0 Å². The van der Waals surface area contributed by atoms with Crippen molar-refractivity contribution in [3.63, 3.8) is 0 Å². The summed E-state index contributed by atoms with van der Waals surface area (Å²) in [5.41, 5.74) is 1.59. The van der Waals surface area contributed by atoms with Crippen molar-refractivity contribution in [2.75, 3.05) is 6.61 Å². The lowest BCUT2D eigenvalue weighted by Gasteiger charge is -2.31. The van der Waals surface area contributed by atoms with Crippen LogP contribution in [0.2, 0.25) is 0 Å². The maximum absolute atomic E-state index is 9.23. The van der Waals surface area contributed by atoms with Gasteiger partial charge >= 0.3 is 0 Å². The number of nitrogens with zero attached hydrogens (tertiary/aromatic N) is 1. The van der Waals surface area contributed by atoms with E-state index in [-0.39, 0.29) is 5.84 Å². The Morgan fingerprint density at radius 1 is 1.23 bits per heavy atom. The van der Waals surface area contributed by atoms with Crippen LogP contribution in [0.5, 0.6) is 0 Å². The van der Waals surface area contributed by atoms with Crippen LogP contribution in [0, 0.1) is 0 Å². The van der Waals surface area contributed by atoms with E-state index >= 15 is 0 Å². The Balaban J connectivity index is 2.86. The van der Waals surface area contributed by atoms with E-state index in [1.165, 1.54) is 0 Å². The second-order valence-electron chi connectivity index (χ2n) is 2.80. The van der Waals surface area contributed by atoms with Crippen molar-refractivity contribution in [2.24, 2.45) is 4.99 Å². The zero-order valence-corrected chi connectivity index (χ0v) is 6.70. The van der Waals surface area contributed by atoms with Gasteiger partial charge in [-0.25, -0.2) is 0 Å². The summed E-state index contributed by atoms with van der Waals surface area (Å²) in [4.78, 5) is 3.58. The van der Waals surface area contributed by atoms with Crippen LogP contribution in [0.3, 0.4) is 0 Å². The van der Waals surface area contributed by atoms with Crippen LogP contribution >= 0.6 is 0 Å². The first-order chi connectivity index (χ1) is 6.11. The van der Waals surface area contributed by atoms with Crippen LogP contribution in [-0.4, -0.2) is 62.4 Å². The quantitative estimate of drug-likeness (QED) is 0.243. The van der Waals surface area contributed by atoms with Gasteiger partial charge < -0.3 is 20.4 Å². The lowest BCUT2D eigenvalue weighted by Crippen LogP contribution is -2.55. The van der Waals surface area contributed by atoms with E-state index in [0.717, 1.165) is 0 Å². The van der Waals surface area contributed by atoms with E-state index in [9.17, 15) is 15.3 Å². The van der Waals surface area contributed by atoms with E-state index in [1.807, 2.05) is 0 Å². The van der Waals surface area contributed by atoms with Gasteiger partial charge in [-0.05, 0) is 0 Å². The first kappa shape index (κ1) is 10.4. The van der Waals surface area contributed by atoms with Crippen molar-refractivity contribution >= 4 is 5.84 Å². The predicted octanol–water partition coefficient (Wildman–Crippen LogP) is -3.18. The van der Waals surface area contributed by atoms with Gasteiger partial charge in [0.2, 0.25) is 0 Å². The maximum atomic E-state index is 9.23. The van der Waals surface area contributed by atoms with Gasteiger partial charge in [-0.15, -0.1) is 0 Å². The van der Waals surface area contributed by atoms with Gasteiger partial charge in [0.1, 0.15) is 24.4 Å². The predicted molar refractivity (Wildman–Crippen MR) is 41.3 cm³/mol. The smallest absolute Gasteiger partial charge is 0.153 e. The molecule has 0 fully saturated rings. The maximum Gasteiger partial charge on any atom is 0.153 e. The second-order valence-corrected chi connectivity index (χ2v) is 2.80. The highest BCUT2D eigenvalue weighted by Gasteiger charge is 2.38. The van der Waals surface area contributed by atoms with Crippen LogP contribution in [0.25, 0.3) is 0 Å². The summed E-state index contributed by atoms with van der Waals surface area (Å²) in [7, 11) is 0. The molecular weight excluding hydrogens is 180 g/mol. The second kappa shape index (κ2) is 3.99. The minimum Gasteiger partial charge on any atom is -0.394 e. The fourth-order valence-corrected chi connectivity index (χ4v) is 1.15. The molecule has 0 saturated heterocycles. The van der Waals surface area contributed by atoms with Crippen LogP contribution in [0.1, 0.15) is 0 Å². The molecule has 7 heteroatoms. The Kier molecular flexibility index (Phi) is 3.17. The number of aliphatic hydroxyl groups excluding tert-OH is 4. The fourth-order valence-electron chi connectivity index (χ4n) is 1.15.